The minimum Gasteiger partial charge on any atom is -0.463 e. The number of carbonyl (C=O) groups is 1. The normalized spacial score (nSPS) is 20.6. The zero-order valence-corrected chi connectivity index (χ0v) is 18.3. The third kappa shape index (κ3) is 4.01. The van der Waals surface area contributed by atoms with Crippen LogP contribution in [0.15, 0.2) is 29.9 Å². The highest BCUT2D eigenvalue weighted by atomic mass is 16.5. The summed E-state index contributed by atoms with van der Waals surface area (Å²) in [5.41, 5.74) is 5.79. The predicted octanol–water partition coefficient (Wildman–Crippen LogP) is 4.61. The molecule has 1 aromatic carbocycles. The van der Waals surface area contributed by atoms with Crippen LogP contribution in [0.5, 0.6) is 0 Å². The van der Waals surface area contributed by atoms with Gasteiger partial charge in [-0.3, -0.25) is 0 Å². The number of esters is 1. The molecule has 0 fully saturated rings. The summed E-state index contributed by atoms with van der Waals surface area (Å²) in [6, 6.07) is 2.49. The predicted molar refractivity (Wildman–Crippen MR) is 118 cm³/mol. The van der Waals surface area contributed by atoms with E-state index in [0.717, 1.165) is 12.0 Å². The lowest BCUT2D eigenvalue weighted by atomic mass is 9.81. The lowest BCUT2D eigenvalue weighted by molar-refractivity contribution is -0.137. The zero-order valence-electron chi connectivity index (χ0n) is 18.3. The summed E-state index contributed by atoms with van der Waals surface area (Å²) in [4.78, 5) is 11.6. The highest BCUT2D eigenvalue weighted by Crippen LogP contribution is 2.47. The lowest BCUT2D eigenvalue weighted by Gasteiger charge is -2.22. The standard InChI is InChI=1S/C26H34O2/c1-7-28-23(27)15-18(2)11-10-14-21-20-13-9-8-12-19(20)16-22-24(21)26(5,6)17-25(22,3)4/h10-11,13-16H,7-9,12,17H2,1-6H3. The molecule has 2 aliphatic carbocycles. The Bertz CT molecular complexity index is 955. The topological polar surface area (TPSA) is 26.3 Å². The first kappa shape index (κ1) is 20.6. The van der Waals surface area contributed by atoms with E-state index in [9.17, 15) is 4.79 Å². The second-order valence-electron chi connectivity index (χ2n) is 9.49. The summed E-state index contributed by atoms with van der Waals surface area (Å²) >= 11 is 0. The molecule has 0 saturated carbocycles. The van der Waals surface area contributed by atoms with Gasteiger partial charge in [-0.1, -0.05) is 58.1 Å². The highest BCUT2D eigenvalue weighted by Gasteiger charge is 2.42. The molecule has 0 radical (unpaired) electrons. The van der Waals surface area contributed by atoms with Crippen LogP contribution in [0.2, 0.25) is 0 Å². The maximum atomic E-state index is 11.6. The molecule has 0 atom stereocenters. The molecule has 2 heteroatoms. The van der Waals surface area contributed by atoms with Gasteiger partial charge in [0.05, 0.1) is 6.61 Å². The fourth-order valence-corrected chi connectivity index (χ4v) is 5.20. The van der Waals surface area contributed by atoms with Crippen molar-refractivity contribution in [1.29, 1.82) is 0 Å². The second kappa shape index (κ2) is 7.73. The number of aryl methyl sites for hydroxylation is 1. The highest BCUT2D eigenvalue weighted by molar-refractivity contribution is 5.83. The van der Waals surface area contributed by atoms with Crippen molar-refractivity contribution in [2.24, 2.45) is 0 Å². The number of hydrogen-bond acceptors (Lipinski definition) is 2. The van der Waals surface area contributed by atoms with E-state index in [1.54, 1.807) is 6.08 Å². The van der Waals surface area contributed by atoms with E-state index in [-0.39, 0.29) is 16.8 Å². The van der Waals surface area contributed by atoms with E-state index in [1.807, 2.05) is 19.9 Å². The summed E-state index contributed by atoms with van der Waals surface area (Å²) < 4.78 is 5.00. The molecule has 0 aliphatic heterocycles. The van der Waals surface area contributed by atoms with Crippen LogP contribution < -0.4 is 10.4 Å². The van der Waals surface area contributed by atoms with Crippen molar-refractivity contribution in [2.45, 2.75) is 78.1 Å². The Labute approximate surface area is 169 Å². The molecule has 1 aromatic rings. The Morgan fingerprint density at radius 2 is 1.96 bits per heavy atom. The molecule has 0 heterocycles. The van der Waals surface area contributed by atoms with Crippen molar-refractivity contribution in [3.63, 3.8) is 0 Å². The number of benzene rings is 1. The van der Waals surface area contributed by atoms with Crippen LogP contribution in [-0.2, 0) is 26.8 Å². The molecule has 0 unspecified atom stereocenters. The first-order chi connectivity index (χ1) is 13.2. The summed E-state index contributed by atoms with van der Waals surface area (Å²) in [6.45, 7) is 13.7. The third-order valence-electron chi connectivity index (χ3n) is 6.04. The van der Waals surface area contributed by atoms with Crippen LogP contribution in [0.25, 0.3) is 12.2 Å². The SMILES string of the molecule is CCOC(=O)C=C(C)C=CC=c1c2c(cc3c1=CCCC3)C(C)(C)CC2(C)C. The Balaban J connectivity index is 2.14. The Hall–Kier alpha value is -2.09. The van der Waals surface area contributed by atoms with Gasteiger partial charge < -0.3 is 4.74 Å². The number of rotatable bonds is 4. The Morgan fingerprint density at radius 1 is 1.21 bits per heavy atom. The molecule has 0 bridgehead atoms. The molecular weight excluding hydrogens is 344 g/mol. The van der Waals surface area contributed by atoms with Crippen molar-refractivity contribution in [1.82, 2.24) is 0 Å². The zero-order chi connectivity index (χ0) is 20.5. The number of hydrogen-bond donors (Lipinski definition) is 0. The van der Waals surface area contributed by atoms with Crippen molar-refractivity contribution in [2.75, 3.05) is 6.61 Å². The van der Waals surface area contributed by atoms with Crippen LogP contribution in [0.4, 0.5) is 0 Å². The van der Waals surface area contributed by atoms with E-state index >= 15 is 0 Å². The molecule has 0 saturated heterocycles. The van der Waals surface area contributed by atoms with Gasteiger partial charge in [-0.25, -0.2) is 4.79 Å². The van der Waals surface area contributed by atoms with E-state index in [0.29, 0.717) is 6.61 Å². The fourth-order valence-electron chi connectivity index (χ4n) is 5.20. The average Bonchev–Trinajstić information content (AvgIpc) is 2.78. The molecule has 3 rings (SSSR count). The molecule has 0 amide bonds. The number of ether oxygens (including phenoxy) is 1. The number of fused-ring (bicyclic) bond motifs is 2. The van der Waals surface area contributed by atoms with Crippen LogP contribution in [0, 0.1) is 0 Å². The van der Waals surface area contributed by atoms with Gasteiger partial charge in [-0.05, 0) is 83.1 Å². The third-order valence-corrected chi connectivity index (χ3v) is 6.04. The van der Waals surface area contributed by atoms with Crippen molar-refractivity contribution >= 4 is 18.1 Å². The van der Waals surface area contributed by atoms with E-state index in [1.165, 1.54) is 46.4 Å². The van der Waals surface area contributed by atoms with E-state index in [2.05, 4.69) is 52.0 Å². The van der Waals surface area contributed by atoms with Gasteiger partial charge in [-0.2, -0.15) is 0 Å². The van der Waals surface area contributed by atoms with Gasteiger partial charge in [0.1, 0.15) is 0 Å². The molecule has 0 aromatic heterocycles. The van der Waals surface area contributed by atoms with Gasteiger partial charge in [-0.15, -0.1) is 0 Å². The van der Waals surface area contributed by atoms with E-state index < -0.39 is 0 Å². The minimum atomic E-state index is -0.279. The molecule has 0 N–H and O–H groups in total. The number of allylic oxidation sites excluding steroid dienone is 3. The first-order valence-corrected chi connectivity index (χ1v) is 10.6. The fraction of sp³-hybridized carbons (Fsp3) is 0.500. The summed E-state index contributed by atoms with van der Waals surface area (Å²) in [5.74, 6) is -0.279. The summed E-state index contributed by atoms with van der Waals surface area (Å²) in [6.07, 6.45) is 15.1. The van der Waals surface area contributed by atoms with Crippen molar-refractivity contribution < 1.29 is 9.53 Å². The maximum absolute atomic E-state index is 11.6. The van der Waals surface area contributed by atoms with Crippen LogP contribution >= 0.6 is 0 Å². The second-order valence-corrected chi connectivity index (χ2v) is 9.49. The maximum Gasteiger partial charge on any atom is 0.330 e. The summed E-state index contributed by atoms with van der Waals surface area (Å²) in [5, 5.41) is 2.80. The monoisotopic (exact) mass is 378 g/mol. The molecule has 0 spiro atoms. The lowest BCUT2D eigenvalue weighted by Crippen LogP contribution is -2.37. The van der Waals surface area contributed by atoms with Gasteiger partial charge in [0.25, 0.3) is 0 Å². The largest absolute Gasteiger partial charge is 0.463 e. The van der Waals surface area contributed by atoms with Gasteiger partial charge >= 0.3 is 5.97 Å². The molecule has 28 heavy (non-hydrogen) atoms. The Morgan fingerprint density at radius 3 is 2.68 bits per heavy atom. The smallest absolute Gasteiger partial charge is 0.330 e. The van der Waals surface area contributed by atoms with Crippen LogP contribution in [0.3, 0.4) is 0 Å². The quantitative estimate of drug-likeness (QED) is 0.434. The van der Waals surface area contributed by atoms with Crippen LogP contribution in [0.1, 0.15) is 77.5 Å². The summed E-state index contributed by atoms with van der Waals surface area (Å²) in [7, 11) is 0. The first-order valence-electron chi connectivity index (χ1n) is 10.6. The van der Waals surface area contributed by atoms with Crippen LogP contribution in [-0.4, -0.2) is 12.6 Å². The van der Waals surface area contributed by atoms with Gasteiger partial charge in [0.2, 0.25) is 0 Å². The Kier molecular flexibility index (Phi) is 5.70. The molecule has 150 valence electrons. The molecular formula is C26H34O2. The minimum absolute atomic E-state index is 0.161. The number of carbonyl (C=O) groups excluding carboxylic acids is 1. The van der Waals surface area contributed by atoms with Gasteiger partial charge in [0.15, 0.2) is 0 Å². The van der Waals surface area contributed by atoms with Crippen molar-refractivity contribution in [3.8, 4) is 0 Å². The average molecular weight is 379 g/mol. The van der Waals surface area contributed by atoms with E-state index in [4.69, 9.17) is 4.74 Å². The molecule has 2 aliphatic rings. The molecule has 2 nitrogen and oxygen atoms in total. The van der Waals surface area contributed by atoms with Gasteiger partial charge in [0, 0.05) is 6.08 Å². The van der Waals surface area contributed by atoms with Crippen molar-refractivity contribution in [3.05, 3.63) is 57.0 Å².